The first-order chi connectivity index (χ1) is 13.6. The lowest BCUT2D eigenvalue weighted by molar-refractivity contribution is 0.102. The summed E-state index contributed by atoms with van der Waals surface area (Å²) in [7, 11) is 0. The maximum Gasteiger partial charge on any atom is 0.256 e. The van der Waals surface area contributed by atoms with Crippen molar-refractivity contribution in [2.75, 3.05) is 10.6 Å². The summed E-state index contributed by atoms with van der Waals surface area (Å²) >= 11 is 0. The number of carbonyl (C=O) groups excluding carboxylic acids is 1. The van der Waals surface area contributed by atoms with Crippen LogP contribution in [-0.4, -0.2) is 15.9 Å². The predicted molar refractivity (Wildman–Crippen MR) is 104 cm³/mol. The Labute approximate surface area is 159 Å². The summed E-state index contributed by atoms with van der Waals surface area (Å²) < 4.78 is 26.2. The highest BCUT2D eigenvalue weighted by Gasteiger charge is 2.11. The Hall–Kier alpha value is -3.87. The first-order valence-corrected chi connectivity index (χ1v) is 8.43. The van der Waals surface area contributed by atoms with Crippen molar-refractivity contribution < 1.29 is 13.6 Å². The van der Waals surface area contributed by atoms with Crippen molar-refractivity contribution in [3.63, 3.8) is 0 Å². The van der Waals surface area contributed by atoms with Crippen LogP contribution in [0.1, 0.15) is 10.4 Å². The summed E-state index contributed by atoms with van der Waals surface area (Å²) in [5, 5.41) is 6.80. The molecule has 0 aliphatic rings. The van der Waals surface area contributed by atoms with Gasteiger partial charge in [0.2, 0.25) is 0 Å². The average molecular weight is 376 g/mol. The molecule has 0 unspecified atom stereocenters. The third-order valence-electron chi connectivity index (χ3n) is 4.10. The van der Waals surface area contributed by atoms with Crippen molar-refractivity contribution in [3.05, 3.63) is 90.3 Å². The van der Waals surface area contributed by atoms with Crippen LogP contribution in [0.2, 0.25) is 0 Å². The second-order valence-electron chi connectivity index (χ2n) is 6.02. The van der Waals surface area contributed by atoms with Crippen molar-refractivity contribution in [2.45, 2.75) is 0 Å². The van der Waals surface area contributed by atoms with Gasteiger partial charge in [-0.25, -0.2) is 13.8 Å². The maximum atomic E-state index is 13.3. The number of halogens is 2. The van der Waals surface area contributed by atoms with Crippen molar-refractivity contribution >= 4 is 34.0 Å². The minimum atomic E-state index is -1.08. The lowest BCUT2D eigenvalue weighted by Gasteiger charge is -2.10. The molecule has 4 aromatic rings. The molecule has 0 fully saturated rings. The van der Waals surface area contributed by atoms with Crippen LogP contribution >= 0.6 is 0 Å². The summed E-state index contributed by atoms with van der Waals surface area (Å²) in [5.74, 6) is -2.38. The first-order valence-electron chi connectivity index (χ1n) is 8.43. The Kier molecular flexibility index (Phi) is 4.63. The van der Waals surface area contributed by atoms with Crippen LogP contribution in [0.4, 0.5) is 26.0 Å². The van der Waals surface area contributed by atoms with Crippen LogP contribution in [-0.2, 0) is 0 Å². The number of fused-ring (bicyclic) bond motifs is 1. The van der Waals surface area contributed by atoms with Gasteiger partial charge in [0.15, 0.2) is 11.6 Å². The van der Waals surface area contributed by atoms with Crippen LogP contribution in [0.15, 0.2) is 73.1 Å². The van der Waals surface area contributed by atoms with Gasteiger partial charge in [-0.3, -0.25) is 9.78 Å². The number of para-hydroxylation sites is 1. The molecule has 0 atom stereocenters. The van der Waals surface area contributed by atoms with E-state index >= 15 is 0 Å². The lowest BCUT2D eigenvalue weighted by Crippen LogP contribution is -2.13. The molecule has 0 bridgehead atoms. The van der Waals surface area contributed by atoms with Gasteiger partial charge >= 0.3 is 0 Å². The van der Waals surface area contributed by atoms with Gasteiger partial charge in [0.1, 0.15) is 5.82 Å². The minimum absolute atomic E-state index is 0.00438. The lowest BCUT2D eigenvalue weighted by atomic mass is 10.2. The zero-order valence-electron chi connectivity index (χ0n) is 14.5. The highest BCUT2D eigenvalue weighted by molar-refractivity contribution is 6.03. The molecule has 0 spiro atoms. The number of hydrogen-bond donors (Lipinski definition) is 2. The van der Waals surface area contributed by atoms with E-state index in [0.29, 0.717) is 5.69 Å². The number of nitrogens with zero attached hydrogens (tertiary/aromatic N) is 2. The van der Waals surface area contributed by atoms with E-state index < -0.39 is 17.5 Å². The number of aromatic nitrogens is 2. The molecule has 0 radical (unpaired) electrons. The number of benzene rings is 2. The van der Waals surface area contributed by atoms with Crippen molar-refractivity contribution in [3.8, 4) is 0 Å². The summed E-state index contributed by atoms with van der Waals surface area (Å²) in [5.41, 5.74) is 2.38. The largest absolute Gasteiger partial charge is 0.352 e. The van der Waals surface area contributed by atoms with E-state index in [1.165, 1.54) is 6.07 Å². The van der Waals surface area contributed by atoms with Gasteiger partial charge < -0.3 is 10.6 Å². The molecule has 5 nitrogen and oxygen atoms in total. The number of nitrogens with one attached hydrogen (secondary N) is 2. The Morgan fingerprint density at radius 2 is 1.75 bits per heavy atom. The summed E-state index contributed by atoms with van der Waals surface area (Å²) in [6.07, 6.45) is 3.28. The predicted octanol–water partition coefficient (Wildman–Crippen LogP) is 4.90. The monoisotopic (exact) mass is 376 g/mol. The fraction of sp³-hybridized carbons (Fsp3) is 0. The van der Waals surface area contributed by atoms with E-state index in [1.807, 2.05) is 30.3 Å². The third-order valence-corrected chi connectivity index (χ3v) is 4.10. The number of carbonyl (C=O) groups is 1. The highest BCUT2D eigenvalue weighted by atomic mass is 19.2. The van der Waals surface area contributed by atoms with E-state index in [2.05, 4.69) is 20.6 Å². The molecule has 2 N–H and O–H groups in total. The minimum Gasteiger partial charge on any atom is -0.352 e. The maximum absolute atomic E-state index is 13.3. The Bertz CT molecular complexity index is 1160. The van der Waals surface area contributed by atoms with Gasteiger partial charge in [-0.2, -0.15) is 0 Å². The van der Waals surface area contributed by atoms with Gasteiger partial charge in [-0.1, -0.05) is 18.2 Å². The van der Waals surface area contributed by atoms with Gasteiger partial charge in [0, 0.05) is 17.1 Å². The standard InChI is InChI=1S/C21H14F2N4O/c22-16-8-6-14(11-17(16)23)21(28)27-19-9-7-15(12-25-19)26-18-5-1-3-13-4-2-10-24-20(13)18/h1-12,26H,(H,25,27,28). The van der Waals surface area contributed by atoms with Crippen LogP contribution in [0, 0.1) is 11.6 Å². The summed E-state index contributed by atoms with van der Waals surface area (Å²) in [6, 6.07) is 16.0. The summed E-state index contributed by atoms with van der Waals surface area (Å²) in [4.78, 5) is 20.7. The number of amides is 1. The van der Waals surface area contributed by atoms with Crippen LogP contribution < -0.4 is 10.6 Å². The second kappa shape index (κ2) is 7.40. The summed E-state index contributed by atoms with van der Waals surface area (Å²) in [6.45, 7) is 0. The zero-order valence-corrected chi connectivity index (χ0v) is 14.5. The molecule has 2 aromatic carbocycles. The van der Waals surface area contributed by atoms with Gasteiger partial charge in [-0.05, 0) is 42.5 Å². The normalized spacial score (nSPS) is 10.6. The zero-order chi connectivity index (χ0) is 19.5. The van der Waals surface area contributed by atoms with E-state index in [-0.39, 0.29) is 11.4 Å². The second-order valence-corrected chi connectivity index (χ2v) is 6.02. The number of rotatable bonds is 4. The molecule has 1 amide bonds. The van der Waals surface area contributed by atoms with Crippen molar-refractivity contribution in [1.29, 1.82) is 0 Å². The van der Waals surface area contributed by atoms with E-state index in [1.54, 1.807) is 24.5 Å². The fourth-order valence-electron chi connectivity index (χ4n) is 2.73. The van der Waals surface area contributed by atoms with Crippen LogP contribution in [0.5, 0.6) is 0 Å². The van der Waals surface area contributed by atoms with E-state index in [4.69, 9.17) is 0 Å². The third kappa shape index (κ3) is 3.64. The van der Waals surface area contributed by atoms with Crippen molar-refractivity contribution in [1.82, 2.24) is 9.97 Å². The topological polar surface area (TPSA) is 66.9 Å². The molecular formula is C21H14F2N4O. The molecule has 7 heteroatoms. The van der Waals surface area contributed by atoms with E-state index in [0.717, 1.165) is 28.7 Å². The SMILES string of the molecule is O=C(Nc1ccc(Nc2cccc3cccnc23)cn1)c1ccc(F)c(F)c1. The average Bonchev–Trinajstić information content (AvgIpc) is 2.72. The number of hydrogen-bond acceptors (Lipinski definition) is 4. The molecule has 138 valence electrons. The molecule has 4 rings (SSSR count). The van der Waals surface area contributed by atoms with Crippen LogP contribution in [0.25, 0.3) is 10.9 Å². The van der Waals surface area contributed by atoms with E-state index in [9.17, 15) is 13.6 Å². The smallest absolute Gasteiger partial charge is 0.256 e. The molecule has 0 aliphatic carbocycles. The molecule has 0 saturated carbocycles. The molecule has 0 aliphatic heterocycles. The Balaban J connectivity index is 1.49. The van der Waals surface area contributed by atoms with Gasteiger partial charge in [0.05, 0.1) is 23.1 Å². The molecular weight excluding hydrogens is 362 g/mol. The molecule has 28 heavy (non-hydrogen) atoms. The van der Waals surface area contributed by atoms with Crippen LogP contribution in [0.3, 0.4) is 0 Å². The molecule has 0 saturated heterocycles. The fourth-order valence-corrected chi connectivity index (χ4v) is 2.73. The quantitative estimate of drug-likeness (QED) is 0.531. The highest BCUT2D eigenvalue weighted by Crippen LogP contribution is 2.24. The van der Waals surface area contributed by atoms with Gasteiger partial charge in [-0.15, -0.1) is 0 Å². The van der Waals surface area contributed by atoms with Crippen molar-refractivity contribution in [2.24, 2.45) is 0 Å². The number of anilines is 3. The Morgan fingerprint density at radius 3 is 2.54 bits per heavy atom. The Morgan fingerprint density at radius 1 is 0.893 bits per heavy atom. The molecule has 2 heterocycles. The number of pyridine rings is 2. The first kappa shape index (κ1) is 17.5. The van der Waals surface area contributed by atoms with Gasteiger partial charge in [0.25, 0.3) is 5.91 Å². The molecule has 2 aromatic heterocycles.